The highest BCUT2D eigenvalue weighted by atomic mass is 19.4. The number of amides is 1. The molecule has 0 fully saturated rings. The third kappa shape index (κ3) is 3.65. The molecule has 0 saturated heterocycles. The second kappa shape index (κ2) is 7.51. The van der Waals surface area contributed by atoms with E-state index in [-0.39, 0.29) is 11.7 Å². The van der Waals surface area contributed by atoms with Crippen LogP contribution in [-0.4, -0.2) is 10.5 Å². The van der Waals surface area contributed by atoms with Crippen molar-refractivity contribution in [2.24, 2.45) is 0 Å². The summed E-state index contributed by atoms with van der Waals surface area (Å²) in [6.45, 7) is 1.83. The van der Waals surface area contributed by atoms with E-state index in [4.69, 9.17) is 0 Å². The van der Waals surface area contributed by atoms with Crippen molar-refractivity contribution in [3.05, 3.63) is 88.1 Å². The smallest absolute Gasteiger partial charge is 0.416 e. The van der Waals surface area contributed by atoms with E-state index in [9.17, 15) is 23.2 Å². The van der Waals surface area contributed by atoms with Gasteiger partial charge in [-0.2, -0.15) is 17.9 Å². The third-order valence-corrected chi connectivity index (χ3v) is 5.40. The fourth-order valence-corrected chi connectivity index (χ4v) is 4.07. The highest BCUT2D eigenvalue weighted by molar-refractivity contribution is 5.91. The average molecular weight is 415 g/mol. The molecule has 1 unspecified atom stereocenters. The van der Waals surface area contributed by atoms with Gasteiger partial charge in [0.05, 0.1) is 11.6 Å². The Hall–Kier alpha value is -3.29. The predicted octanol–water partition coefficient (Wildman–Crippen LogP) is 4.25. The summed E-state index contributed by atoms with van der Waals surface area (Å²) in [5.41, 5.74) is 2.28. The van der Waals surface area contributed by atoms with Gasteiger partial charge in [0, 0.05) is 29.2 Å². The lowest BCUT2D eigenvalue weighted by Crippen LogP contribution is -2.40. The molecule has 2 aromatic heterocycles. The molecule has 2 heterocycles. The molecule has 3 aromatic rings. The summed E-state index contributed by atoms with van der Waals surface area (Å²) in [6, 6.07) is 11.4. The van der Waals surface area contributed by atoms with Crippen LogP contribution >= 0.6 is 0 Å². The van der Waals surface area contributed by atoms with Crippen LogP contribution in [-0.2, 0) is 12.6 Å². The zero-order chi connectivity index (χ0) is 21.5. The largest absolute Gasteiger partial charge is 0.618 e. The number of carbonyl (C=O) groups is 1. The molecule has 1 amide bonds. The Bertz CT molecular complexity index is 1110. The van der Waals surface area contributed by atoms with E-state index in [2.05, 4.69) is 5.32 Å². The van der Waals surface area contributed by atoms with Crippen molar-refractivity contribution in [1.82, 2.24) is 9.88 Å². The first-order valence-electron chi connectivity index (χ1n) is 9.63. The van der Waals surface area contributed by atoms with Gasteiger partial charge in [0.15, 0.2) is 6.20 Å². The molecule has 5 nitrogen and oxygen atoms in total. The molecule has 1 N–H and O–H groups in total. The van der Waals surface area contributed by atoms with Crippen molar-refractivity contribution < 1.29 is 22.7 Å². The summed E-state index contributed by atoms with van der Waals surface area (Å²) in [5.74, 6) is -0.479. The van der Waals surface area contributed by atoms with Gasteiger partial charge in [0.2, 0.25) is 0 Å². The first-order valence-corrected chi connectivity index (χ1v) is 9.63. The van der Waals surface area contributed by atoms with Crippen LogP contribution in [0.5, 0.6) is 0 Å². The summed E-state index contributed by atoms with van der Waals surface area (Å²) in [4.78, 5) is 12.6. The summed E-state index contributed by atoms with van der Waals surface area (Å²) in [5, 5.41) is 14.8. The molecular weight excluding hydrogens is 395 g/mol. The minimum atomic E-state index is -4.42. The molecule has 8 heteroatoms. The SMILES string of the molecule is Cc1cc2c(n1-c1cccc(C(F)(F)F)c1)CCCC2NC(=O)c1cccc[n+]1[O-]. The van der Waals surface area contributed by atoms with E-state index in [0.717, 1.165) is 35.5 Å². The number of alkyl halides is 3. The van der Waals surface area contributed by atoms with Crippen LogP contribution in [0.1, 0.15) is 51.9 Å². The number of halogens is 3. The number of aryl methyl sites for hydroxylation is 1. The Kier molecular flexibility index (Phi) is 5.01. The normalized spacial score (nSPS) is 16.2. The lowest BCUT2D eigenvalue weighted by molar-refractivity contribution is -0.607. The van der Waals surface area contributed by atoms with Gasteiger partial charge < -0.3 is 15.1 Å². The lowest BCUT2D eigenvalue weighted by atomic mass is 9.92. The zero-order valence-corrected chi connectivity index (χ0v) is 16.2. The predicted molar refractivity (Wildman–Crippen MR) is 104 cm³/mol. The zero-order valence-electron chi connectivity index (χ0n) is 16.2. The van der Waals surface area contributed by atoms with Crippen molar-refractivity contribution in [3.63, 3.8) is 0 Å². The minimum Gasteiger partial charge on any atom is -0.618 e. The first kappa shape index (κ1) is 20.0. The number of rotatable bonds is 3. The van der Waals surface area contributed by atoms with E-state index in [0.29, 0.717) is 23.3 Å². The number of fused-ring (bicyclic) bond motifs is 1. The number of hydrogen-bond acceptors (Lipinski definition) is 2. The van der Waals surface area contributed by atoms with Gasteiger partial charge in [-0.1, -0.05) is 6.07 Å². The van der Waals surface area contributed by atoms with Crippen LogP contribution in [0.25, 0.3) is 5.69 Å². The van der Waals surface area contributed by atoms with Gasteiger partial charge in [0.1, 0.15) is 0 Å². The highest BCUT2D eigenvalue weighted by Gasteiger charge is 2.32. The van der Waals surface area contributed by atoms with Crippen molar-refractivity contribution in [3.8, 4) is 5.69 Å². The Morgan fingerprint density at radius 2 is 2.00 bits per heavy atom. The maximum atomic E-state index is 13.2. The molecule has 0 saturated carbocycles. The van der Waals surface area contributed by atoms with Gasteiger partial charge in [-0.15, -0.1) is 0 Å². The van der Waals surface area contributed by atoms with Crippen LogP contribution in [0.15, 0.2) is 54.7 Å². The van der Waals surface area contributed by atoms with Crippen LogP contribution in [0.3, 0.4) is 0 Å². The van der Waals surface area contributed by atoms with Crippen molar-refractivity contribution in [2.75, 3.05) is 0 Å². The lowest BCUT2D eigenvalue weighted by Gasteiger charge is -2.25. The number of pyridine rings is 1. The Balaban J connectivity index is 1.68. The maximum absolute atomic E-state index is 13.2. The number of nitrogens with one attached hydrogen (secondary N) is 1. The number of carbonyl (C=O) groups excluding carboxylic acids is 1. The van der Waals surface area contributed by atoms with Gasteiger partial charge in [0.25, 0.3) is 5.69 Å². The van der Waals surface area contributed by atoms with Crippen LogP contribution in [0, 0.1) is 12.1 Å². The Morgan fingerprint density at radius 1 is 1.20 bits per heavy atom. The van der Waals surface area contributed by atoms with Crippen molar-refractivity contribution >= 4 is 5.91 Å². The first-order chi connectivity index (χ1) is 14.3. The topological polar surface area (TPSA) is 61.0 Å². The summed E-state index contributed by atoms with van der Waals surface area (Å²) in [6.07, 6.45) is -1.01. The molecule has 0 aliphatic heterocycles. The molecule has 0 spiro atoms. The Labute approximate surface area is 171 Å². The van der Waals surface area contributed by atoms with E-state index in [1.54, 1.807) is 18.2 Å². The standard InChI is InChI=1S/C22H20F3N3O2/c1-14-12-17-18(26-21(29)20-9-2-3-11-27(20)30)8-5-10-19(17)28(14)16-7-4-6-15(13-16)22(23,24)25/h2-4,6-7,9,11-13,18H,5,8,10H2,1H3,(H,26,29). The fraction of sp³-hybridized carbons (Fsp3) is 0.273. The van der Waals surface area contributed by atoms with Gasteiger partial charge in [-0.05, 0) is 62.1 Å². The second-order valence-electron chi connectivity index (χ2n) is 7.40. The summed E-state index contributed by atoms with van der Waals surface area (Å²) in [7, 11) is 0. The quantitative estimate of drug-likeness (QED) is 0.514. The molecule has 1 atom stereocenters. The Morgan fingerprint density at radius 3 is 2.73 bits per heavy atom. The molecule has 4 rings (SSSR count). The summed E-state index contributed by atoms with van der Waals surface area (Å²) >= 11 is 0. The highest BCUT2D eigenvalue weighted by Crippen LogP contribution is 2.36. The molecule has 156 valence electrons. The molecule has 1 aromatic carbocycles. The maximum Gasteiger partial charge on any atom is 0.416 e. The monoisotopic (exact) mass is 415 g/mol. The van der Waals surface area contributed by atoms with Crippen molar-refractivity contribution in [1.29, 1.82) is 0 Å². The van der Waals surface area contributed by atoms with E-state index >= 15 is 0 Å². The van der Waals surface area contributed by atoms with Gasteiger partial charge >= 0.3 is 12.1 Å². The number of aromatic nitrogens is 2. The minimum absolute atomic E-state index is 0.00124. The molecule has 1 aliphatic rings. The summed E-state index contributed by atoms with van der Waals surface area (Å²) < 4.78 is 41.8. The van der Waals surface area contributed by atoms with Crippen LogP contribution in [0.2, 0.25) is 0 Å². The molecule has 0 radical (unpaired) electrons. The molecular formula is C22H20F3N3O2. The molecule has 1 aliphatic carbocycles. The second-order valence-corrected chi connectivity index (χ2v) is 7.40. The molecule has 30 heavy (non-hydrogen) atoms. The van der Waals surface area contributed by atoms with Gasteiger partial charge in [-0.25, -0.2) is 0 Å². The number of nitrogens with zero attached hydrogens (tertiary/aromatic N) is 2. The number of hydrogen-bond donors (Lipinski definition) is 1. The average Bonchev–Trinajstić information content (AvgIpc) is 3.04. The van der Waals surface area contributed by atoms with Crippen LogP contribution in [0.4, 0.5) is 13.2 Å². The van der Waals surface area contributed by atoms with Crippen molar-refractivity contribution in [2.45, 2.75) is 38.4 Å². The number of benzene rings is 1. The van der Waals surface area contributed by atoms with Crippen LogP contribution < -0.4 is 10.0 Å². The third-order valence-electron chi connectivity index (χ3n) is 5.40. The fourth-order valence-electron chi connectivity index (χ4n) is 4.07. The van der Waals surface area contributed by atoms with Gasteiger partial charge in [-0.3, -0.25) is 4.79 Å². The van der Waals surface area contributed by atoms with E-state index in [1.807, 2.05) is 17.6 Å². The van der Waals surface area contributed by atoms with E-state index in [1.165, 1.54) is 18.3 Å². The molecule has 0 bridgehead atoms. The van der Waals surface area contributed by atoms with E-state index < -0.39 is 17.6 Å².